The number of nitrogens with zero attached hydrogens (tertiary/aromatic N) is 1. The van der Waals surface area contributed by atoms with Gasteiger partial charge in [-0.15, -0.1) is 0 Å². The van der Waals surface area contributed by atoms with Crippen LogP contribution in [0.15, 0.2) is 54.7 Å². The summed E-state index contributed by atoms with van der Waals surface area (Å²) in [5, 5.41) is 10.0. The molecule has 0 bridgehead atoms. The molecular weight excluding hydrogens is 512 g/mol. The van der Waals surface area contributed by atoms with E-state index in [1.165, 1.54) is 18.2 Å². The normalized spacial score (nSPS) is 16.9. The number of benzene rings is 2. The minimum absolute atomic E-state index is 0.0318. The van der Waals surface area contributed by atoms with Gasteiger partial charge in [0.25, 0.3) is 0 Å². The second-order valence-electron chi connectivity index (χ2n) is 11.9. The summed E-state index contributed by atoms with van der Waals surface area (Å²) in [6, 6.07) is 14.0. The van der Waals surface area contributed by atoms with E-state index in [4.69, 9.17) is 9.26 Å². The number of hydrogen-bond acceptors (Lipinski definition) is 5. The van der Waals surface area contributed by atoms with E-state index in [0.29, 0.717) is 36.7 Å². The Morgan fingerprint density at radius 1 is 1.10 bits per heavy atom. The van der Waals surface area contributed by atoms with Crippen molar-refractivity contribution < 1.29 is 23.3 Å². The van der Waals surface area contributed by atoms with Gasteiger partial charge in [-0.3, -0.25) is 4.57 Å². The molecule has 2 aromatic carbocycles. The number of pyridine rings is 1. The molecule has 1 heterocycles. The predicted octanol–water partition coefficient (Wildman–Crippen LogP) is 8.76. The average Bonchev–Trinajstić information content (AvgIpc) is 3.72. The maximum absolute atomic E-state index is 14.8. The minimum atomic E-state index is -2.68. The summed E-state index contributed by atoms with van der Waals surface area (Å²) >= 11 is 0. The molecule has 7 heteroatoms. The number of hydrogen-bond donors (Lipinski definition) is 1. The molecule has 39 heavy (non-hydrogen) atoms. The zero-order valence-corrected chi connectivity index (χ0v) is 24.8. The topological polar surface area (TPSA) is 68.7 Å². The fourth-order valence-corrected chi connectivity index (χ4v) is 6.97. The van der Waals surface area contributed by atoms with Crippen LogP contribution in [0.3, 0.4) is 0 Å². The Kier molecular flexibility index (Phi) is 8.88. The number of ether oxygens (including phenoxy) is 1. The van der Waals surface area contributed by atoms with Crippen LogP contribution >= 0.6 is 7.37 Å². The Balaban J connectivity index is 1.58. The van der Waals surface area contributed by atoms with Gasteiger partial charge < -0.3 is 14.4 Å². The molecule has 3 aromatic rings. The lowest BCUT2D eigenvalue weighted by Gasteiger charge is -2.30. The third-order valence-corrected chi connectivity index (χ3v) is 9.68. The molecule has 0 amide bonds. The van der Waals surface area contributed by atoms with Crippen molar-refractivity contribution in [2.75, 3.05) is 19.4 Å². The molecule has 0 saturated heterocycles. The molecule has 3 atom stereocenters. The summed E-state index contributed by atoms with van der Waals surface area (Å²) < 4.78 is 39.5. The standard InChI is InChI=1S/C32H41FNO4P/c1-7-38-39(6,36)20-29(23-9-10-23)24-14-15-34-31(17-24)37-19-22-8-12-26(27(16-22)21(2)32(3,4)5)28-18-25(35)11-13-30(28)33/h8,11-18,21,23,29,35H,7,9-10,19-20H2,1-6H3/t21-,29+,39?/m1/s1. The highest BCUT2D eigenvalue weighted by atomic mass is 31.2. The highest BCUT2D eigenvalue weighted by Crippen LogP contribution is 2.53. The molecule has 1 aromatic heterocycles. The molecule has 1 fully saturated rings. The Morgan fingerprint density at radius 2 is 1.85 bits per heavy atom. The van der Waals surface area contributed by atoms with E-state index in [1.54, 1.807) is 12.9 Å². The third kappa shape index (κ3) is 7.49. The molecule has 1 aliphatic carbocycles. The lowest BCUT2D eigenvalue weighted by atomic mass is 9.75. The first-order valence-electron chi connectivity index (χ1n) is 13.8. The fourth-order valence-electron chi connectivity index (χ4n) is 5.09. The quantitative estimate of drug-likeness (QED) is 0.240. The number of rotatable bonds is 11. The number of halogens is 1. The highest BCUT2D eigenvalue weighted by molar-refractivity contribution is 7.58. The molecule has 0 radical (unpaired) electrons. The van der Waals surface area contributed by atoms with Crippen molar-refractivity contribution in [1.29, 1.82) is 0 Å². The summed E-state index contributed by atoms with van der Waals surface area (Å²) in [7, 11) is -2.68. The van der Waals surface area contributed by atoms with Crippen molar-refractivity contribution in [2.45, 2.75) is 65.9 Å². The van der Waals surface area contributed by atoms with E-state index in [0.717, 1.165) is 35.1 Å². The van der Waals surface area contributed by atoms with E-state index in [9.17, 15) is 14.1 Å². The molecule has 1 unspecified atom stereocenters. The van der Waals surface area contributed by atoms with E-state index in [-0.39, 0.29) is 28.8 Å². The Labute approximate surface area is 232 Å². The molecular formula is C32H41FNO4P. The molecule has 5 nitrogen and oxygen atoms in total. The number of aromatic nitrogens is 1. The summed E-state index contributed by atoms with van der Waals surface area (Å²) in [5.41, 5.74) is 4.12. The van der Waals surface area contributed by atoms with Crippen LogP contribution in [0.25, 0.3) is 11.1 Å². The van der Waals surface area contributed by atoms with Crippen LogP contribution in [0, 0.1) is 17.2 Å². The molecule has 1 N–H and O–H groups in total. The van der Waals surface area contributed by atoms with Crippen molar-refractivity contribution >= 4 is 7.37 Å². The zero-order valence-electron chi connectivity index (χ0n) is 23.9. The smallest absolute Gasteiger partial charge is 0.213 e. The van der Waals surface area contributed by atoms with Gasteiger partial charge in [-0.1, -0.05) is 45.9 Å². The van der Waals surface area contributed by atoms with Gasteiger partial charge in [0.15, 0.2) is 0 Å². The van der Waals surface area contributed by atoms with Gasteiger partial charge in [-0.2, -0.15) is 0 Å². The first-order valence-corrected chi connectivity index (χ1v) is 16.0. The fraction of sp³-hybridized carbons (Fsp3) is 0.469. The van der Waals surface area contributed by atoms with Gasteiger partial charge in [-0.25, -0.2) is 9.37 Å². The minimum Gasteiger partial charge on any atom is -0.508 e. The highest BCUT2D eigenvalue weighted by Gasteiger charge is 2.36. The third-order valence-electron chi connectivity index (χ3n) is 7.82. The molecule has 0 aliphatic heterocycles. The van der Waals surface area contributed by atoms with Crippen LogP contribution in [-0.4, -0.2) is 29.5 Å². The van der Waals surface area contributed by atoms with Crippen molar-refractivity contribution in [2.24, 2.45) is 11.3 Å². The molecule has 0 spiro atoms. The average molecular weight is 554 g/mol. The van der Waals surface area contributed by atoms with E-state index in [2.05, 4.69) is 38.7 Å². The van der Waals surface area contributed by atoms with Crippen LogP contribution < -0.4 is 4.74 Å². The lowest BCUT2D eigenvalue weighted by Crippen LogP contribution is -2.16. The van der Waals surface area contributed by atoms with Gasteiger partial charge in [0.1, 0.15) is 18.2 Å². The van der Waals surface area contributed by atoms with E-state index >= 15 is 0 Å². The van der Waals surface area contributed by atoms with E-state index < -0.39 is 7.37 Å². The maximum Gasteiger partial charge on any atom is 0.213 e. The van der Waals surface area contributed by atoms with Gasteiger partial charge in [0.05, 0.1) is 6.61 Å². The van der Waals surface area contributed by atoms with Gasteiger partial charge in [0, 0.05) is 30.7 Å². The Bertz CT molecular complexity index is 1350. The molecule has 1 saturated carbocycles. The summed E-state index contributed by atoms with van der Waals surface area (Å²) in [4.78, 5) is 4.43. The second kappa shape index (κ2) is 11.8. The molecule has 1 aliphatic rings. The number of phenolic OH excluding ortho intramolecular Hbond substituents is 1. The van der Waals surface area contributed by atoms with Gasteiger partial charge >= 0.3 is 0 Å². The van der Waals surface area contributed by atoms with Crippen LogP contribution in [0.5, 0.6) is 11.6 Å². The number of aromatic hydroxyl groups is 1. The van der Waals surface area contributed by atoms with Gasteiger partial charge in [-0.05, 0) is 89.5 Å². The molecule has 210 valence electrons. The first kappa shape index (κ1) is 29.3. The number of phenols is 1. The van der Waals surface area contributed by atoms with Gasteiger partial charge in [0.2, 0.25) is 13.2 Å². The first-order chi connectivity index (χ1) is 18.4. The van der Waals surface area contributed by atoms with Crippen LogP contribution in [0.2, 0.25) is 0 Å². The Morgan fingerprint density at radius 3 is 2.51 bits per heavy atom. The van der Waals surface area contributed by atoms with Crippen molar-refractivity contribution in [3.05, 3.63) is 77.2 Å². The van der Waals surface area contributed by atoms with Crippen molar-refractivity contribution in [3.63, 3.8) is 0 Å². The maximum atomic E-state index is 14.8. The predicted molar refractivity (Wildman–Crippen MR) is 155 cm³/mol. The van der Waals surface area contributed by atoms with Crippen molar-refractivity contribution in [1.82, 2.24) is 4.98 Å². The summed E-state index contributed by atoms with van der Waals surface area (Å²) in [6.07, 6.45) is 4.55. The zero-order chi connectivity index (χ0) is 28.4. The van der Waals surface area contributed by atoms with Crippen LogP contribution in [0.1, 0.15) is 76.0 Å². The molecule has 4 rings (SSSR count). The monoisotopic (exact) mass is 553 g/mol. The van der Waals surface area contributed by atoms with Crippen LogP contribution in [0.4, 0.5) is 4.39 Å². The Hall–Kier alpha value is -2.69. The van der Waals surface area contributed by atoms with Crippen molar-refractivity contribution in [3.8, 4) is 22.8 Å². The SMILES string of the molecule is CCOP(C)(=O)C[C@H](c1ccnc(OCc2ccc(-c3cc(O)ccc3F)c([C@@H](C)C(C)(C)C)c2)c1)C1CC1. The van der Waals surface area contributed by atoms with E-state index in [1.807, 2.05) is 31.2 Å². The summed E-state index contributed by atoms with van der Waals surface area (Å²) in [5.74, 6) is 0.976. The largest absolute Gasteiger partial charge is 0.508 e. The lowest BCUT2D eigenvalue weighted by molar-refractivity contribution is 0.292. The second-order valence-corrected chi connectivity index (χ2v) is 14.6. The van der Waals surface area contributed by atoms with Crippen LogP contribution in [-0.2, 0) is 15.7 Å². The summed E-state index contributed by atoms with van der Waals surface area (Å²) in [6.45, 7) is 13.0.